The summed E-state index contributed by atoms with van der Waals surface area (Å²) in [5, 5.41) is -0.521. The molecule has 0 fully saturated rings. The molecule has 0 aliphatic heterocycles. The van der Waals surface area contributed by atoms with Gasteiger partial charge in [-0.05, 0) is 36.6 Å². The van der Waals surface area contributed by atoms with Crippen LogP contribution < -0.4 is 9.47 Å². The number of benzene rings is 1. The molecule has 1 aromatic carbocycles. The Morgan fingerprint density at radius 1 is 1.11 bits per heavy atom. The summed E-state index contributed by atoms with van der Waals surface area (Å²) in [6, 6.07) is 5.22. The molecule has 0 atom stereocenters. The Labute approximate surface area is 119 Å². The van der Waals surface area contributed by atoms with Gasteiger partial charge in [-0.15, -0.1) is 0 Å². The highest BCUT2D eigenvalue weighted by Gasteiger charge is 2.15. The summed E-state index contributed by atoms with van der Waals surface area (Å²) in [5.41, 5.74) is 0.367. The Morgan fingerprint density at radius 2 is 1.74 bits per heavy atom. The molecular formula is C15H21ClO3. The second kappa shape index (κ2) is 8.81. The fraction of sp³-hybridized carbons (Fsp3) is 0.533. The SMILES string of the molecule is CCCCOc1cccc(C(=O)Cl)c1OCCCC. The molecule has 1 aromatic rings. The van der Waals surface area contributed by atoms with E-state index in [0.29, 0.717) is 30.3 Å². The number of halogens is 1. The molecule has 0 N–H and O–H groups in total. The smallest absolute Gasteiger partial charge is 0.256 e. The standard InChI is InChI=1S/C15H21ClO3/c1-3-5-10-18-13-9-7-8-12(15(16)17)14(13)19-11-6-4-2/h7-9H,3-6,10-11H2,1-2H3. The Morgan fingerprint density at radius 3 is 2.32 bits per heavy atom. The van der Waals surface area contributed by atoms with Crippen LogP contribution in [0.4, 0.5) is 0 Å². The fourth-order valence-corrected chi connectivity index (χ4v) is 1.73. The van der Waals surface area contributed by atoms with Crippen LogP contribution >= 0.6 is 11.6 Å². The molecule has 0 unspecified atom stereocenters. The average Bonchev–Trinajstić information content (AvgIpc) is 2.40. The molecule has 0 amide bonds. The third kappa shape index (κ3) is 5.11. The molecule has 0 saturated heterocycles. The zero-order chi connectivity index (χ0) is 14.1. The van der Waals surface area contributed by atoms with Crippen molar-refractivity contribution in [2.24, 2.45) is 0 Å². The van der Waals surface area contributed by atoms with Gasteiger partial charge in [0.2, 0.25) is 0 Å². The lowest BCUT2D eigenvalue weighted by atomic mass is 10.2. The third-order valence-electron chi connectivity index (χ3n) is 2.69. The van der Waals surface area contributed by atoms with Crippen molar-refractivity contribution in [2.75, 3.05) is 13.2 Å². The highest BCUT2D eigenvalue weighted by atomic mass is 35.5. The van der Waals surface area contributed by atoms with Crippen LogP contribution in [0.5, 0.6) is 11.5 Å². The maximum absolute atomic E-state index is 11.4. The summed E-state index contributed by atoms with van der Waals surface area (Å²) < 4.78 is 11.3. The summed E-state index contributed by atoms with van der Waals surface area (Å²) in [5.74, 6) is 1.06. The van der Waals surface area contributed by atoms with Crippen LogP contribution in [-0.4, -0.2) is 18.5 Å². The number of rotatable bonds is 9. The molecule has 0 aromatic heterocycles. The van der Waals surface area contributed by atoms with Crippen molar-refractivity contribution < 1.29 is 14.3 Å². The van der Waals surface area contributed by atoms with E-state index in [9.17, 15) is 4.79 Å². The first kappa shape index (κ1) is 15.8. The van der Waals surface area contributed by atoms with E-state index in [0.717, 1.165) is 25.7 Å². The lowest BCUT2D eigenvalue weighted by Gasteiger charge is -2.14. The van der Waals surface area contributed by atoms with Gasteiger partial charge in [-0.1, -0.05) is 32.8 Å². The number of para-hydroxylation sites is 1. The minimum absolute atomic E-state index is 0.367. The lowest BCUT2D eigenvalue weighted by molar-refractivity contribution is 0.107. The van der Waals surface area contributed by atoms with Crippen LogP contribution in [0.2, 0.25) is 0 Å². The second-order valence-electron chi connectivity index (χ2n) is 4.31. The van der Waals surface area contributed by atoms with Gasteiger partial charge in [0.15, 0.2) is 11.5 Å². The van der Waals surface area contributed by atoms with Crippen LogP contribution in [0.1, 0.15) is 49.9 Å². The van der Waals surface area contributed by atoms with Crippen molar-refractivity contribution in [1.82, 2.24) is 0 Å². The summed E-state index contributed by atoms with van der Waals surface area (Å²) in [4.78, 5) is 11.4. The van der Waals surface area contributed by atoms with E-state index in [-0.39, 0.29) is 0 Å². The second-order valence-corrected chi connectivity index (χ2v) is 4.65. The zero-order valence-corrected chi connectivity index (χ0v) is 12.3. The highest BCUT2D eigenvalue weighted by Crippen LogP contribution is 2.32. The minimum Gasteiger partial charge on any atom is -0.490 e. The number of carbonyl (C=O) groups excluding carboxylic acids is 1. The Hall–Kier alpha value is -1.22. The monoisotopic (exact) mass is 284 g/mol. The van der Waals surface area contributed by atoms with Crippen LogP contribution in [0, 0.1) is 0 Å². The van der Waals surface area contributed by atoms with Crippen molar-refractivity contribution in [3.8, 4) is 11.5 Å². The van der Waals surface area contributed by atoms with Gasteiger partial charge in [-0.2, -0.15) is 0 Å². The zero-order valence-electron chi connectivity index (χ0n) is 11.6. The normalized spacial score (nSPS) is 10.3. The molecule has 0 radical (unpaired) electrons. The summed E-state index contributed by atoms with van der Waals surface area (Å²) in [7, 11) is 0. The van der Waals surface area contributed by atoms with Crippen molar-refractivity contribution in [1.29, 1.82) is 0 Å². The summed E-state index contributed by atoms with van der Waals surface area (Å²) >= 11 is 5.58. The molecule has 3 nitrogen and oxygen atoms in total. The number of hydrogen-bond donors (Lipinski definition) is 0. The predicted molar refractivity (Wildman–Crippen MR) is 77.4 cm³/mol. The predicted octanol–water partition coefficient (Wildman–Crippen LogP) is 4.42. The number of ether oxygens (including phenoxy) is 2. The summed E-state index contributed by atoms with van der Waals surface area (Å²) in [6.45, 7) is 5.35. The van der Waals surface area contributed by atoms with Gasteiger partial charge >= 0.3 is 0 Å². The van der Waals surface area contributed by atoms with Gasteiger partial charge in [0, 0.05) is 0 Å². The first-order valence-electron chi connectivity index (χ1n) is 6.79. The van der Waals surface area contributed by atoms with E-state index < -0.39 is 5.24 Å². The molecular weight excluding hydrogens is 264 g/mol. The Bertz CT molecular complexity index is 404. The van der Waals surface area contributed by atoms with Crippen molar-refractivity contribution >= 4 is 16.8 Å². The van der Waals surface area contributed by atoms with E-state index in [2.05, 4.69) is 13.8 Å². The van der Waals surface area contributed by atoms with Gasteiger partial charge in [0.05, 0.1) is 18.8 Å². The first-order valence-corrected chi connectivity index (χ1v) is 7.16. The van der Waals surface area contributed by atoms with Crippen molar-refractivity contribution in [3.63, 3.8) is 0 Å². The van der Waals surface area contributed by atoms with E-state index >= 15 is 0 Å². The molecule has 106 valence electrons. The highest BCUT2D eigenvalue weighted by molar-refractivity contribution is 6.68. The van der Waals surface area contributed by atoms with Crippen LogP contribution in [0.15, 0.2) is 18.2 Å². The lowest BCUT2D eigenvalue weighted by Crippen LogP contribution is -2.06. The number of unbranched alkanes of at least 4 members (excludes halogenated alkanes) is 2. The maximum Gasteiger partial charge on any atom is 0.256 e. The van der Waals surface area contributed by atoms with Gasteiger partial charge in [-0.3, -0.25) is 4.79 Å². The van der Waals surface area contributed by atoms with E-state index in [1.807, 2.05) is 0 Å². The molecule has 0 heterocycles. The van der Waals surface area contributed by atoms with Crippen molar-refractivity contribution in [3.05, 3.63) is 23.8 Å². The van der Waals surface area contributed by atoms with Gasteiger partial charge in [0.1, 0.15) is 0 Å². The number of hydrogen-bond acceptors (Lipinski definition) is 3. The third-order valence-corrected chi connectivity index (χ3v) is 2.89. The molecule has 19 heavy (non-hydrogen) atoms. The average molecular weight is 285 g/mol. The molecule has 0 bridgehead atoms. The largest absolute Gasteiger partial charge is 0.490 e. The van der Waals surface area contributed by atoms with Crippen LogP contribution in [-0.2, 0) is 0 Å². The van der Waals surface area contributed by atoms with Gasteiger partial charge < -0.3 is 9.47 Å². The van der Waals surface area contributed by atoms with Crippen LogP contribution in [0.25, 0.3) is 0 Å². The number of carbonyl (C=O) groups is 1. The fourth-order valence-electron chi connectivity index (χ4n) is 1.58. The van der Waals surface area contributed by atoms with E-state index in [1.54, 1.807) is 18.2 Å². The first-order chi connectivity index (χ1) is 9.20. The van der Waals surface area contributed by atoms with Gasteiger partial charge in [0.25, 0.3) is 5.24 Å². The molecule has 0 spiro atoms. The Kier molecular flexibility index (Phi) is 7.34. The summed E-state index contributed by atoms with van der Waals surface area (Å²) in [6.07, 6.45) is 3.98. The molecule has 0 aliphatic carbocycles. The minimum atomic E-state index is -0.521. The van der Waals surface area contributed by atoms with E-state index in [1.165, 1.54) is 0 Å². The molecule has 4 heteroatoms. The van der Waals surface area contributed by atoms with Gasteiger partial charge in [-0.25, -0.2) is 0 Å². The molecule has 0 aliphatic rings. The molecule has 1 rings (SSSR count). The van der Waals surface area contributed by atoms with Crippen molar-refractivity contribution in [2.45, 2.75) is 39.5 Å². The quantitative estimate of drug-likeness (QED) is 0.497. The van der Waals surface area contributed by atoms with Crippen LogP contribution in [0.3, 0.4) is 0 Å². The van der Waals surface area contributed by atoms with E-state index in [4.69, 9.17) is 21.1 Å². The molecule has 0 saturated carbocycles. The maximum atomic E-state index is 11.4. The Balaban J connectivity index is 2.86. The topological polar surface area (TPSA) is 35.5 Å².